The van der Waals surface area contributed by atoms with Gasteiger partial charge < -0.3 is 0 Å². The van der Waals surface area contributed by atoms with Crippen LogP contribution in [0.25, 0.3) is 0 Å². The van der Waals surface area contributed by atoms with Gasteiger partial charge in [0.05, 0.1) is 5.56 Å². The van der Waals surface area contributed by atoms with Gasteiger partial charge in [-0.15, -0.1) is 9.24 Å². The minimum atomic E-state index is -4.24. The second-order valence-electron chi connectivity index (χ2n) is 2.91. The first kappa shape index (κ1) is 10.5. The maximum absolute atomic E-state index is 12.2. The Kier molecular flexibility index (Phi) is 2.97. The Balaban J connectivity index is 3.06. The lowest BCUT2D eigenvalue weighted by molar-refractivity contribution is -0.137. The summed E-state index contributed by atoms with van der Waals surface area (Å²) in [5.74, 6) is 0. The Bertz CT molecular complexity index is 291. The first-order valence-corrected chi connectivity index (χ1v) is 4.50. The van der Waals surface area contributed by atoms with E-state index in [-0.39, 0.29) is 5.66 Å². The summed E-state index contributed by atoms with van der Waals surface area (Å²) < 4.78 is 36.7. The molecule has 1 rings (SSSR count). The Morgan fingerprint density at radius 2 is 1.92 bits per heavy atom. The summed E-state index contributed by atoms with van der Waals surface area (Å²) in [6.07, 6.45) is -4.24. The molecule has 13 heavy (non-hydrogen) atoms. The van der Waals surface area contributed by atoms with E-state index in [0.717, 1.165) is 6.07 Å². The van der Waals surface area contributed by atoms with Gasteiger partial charge in [-0.3, -0.25) is 0 Å². The largest absolute Gasteiger partial charge is 0.416 e. The van der Waals surface area contributed by atoms with Crippen LogP contribution in [0.3, 0.4) is 0 Å². The standard InChI is InChI=1S/C9H10F3P/c1-6(13)7-3-2-4-8(5-7)9(10,11)12/h2-6H,13H2,1H3. The molecule has 0 nitrogen and oxygen atoms in total. The first-order valence-electron chi connectivity index (χ1n) is 3.84. The van der Waals surface area contributed by atoms with Crippen LogP contribution in [0.4, 0.5) is 13.2 Å². The van der Waals surface area contributed by atoms with Crippen LogP contribution in [0.2, 0.25) is 0 Å². The summed E-state index contributed by atoms with van der Waals surface area (Å²) in [5, 5.41) is 0. The second kappa shape index (κ2) is 3.67. The average Bonchev–Trinajstić information content (AvgIpc) is 2.03. The molecule has 0 heterocycles. The topological polar surface area (TPSA) is 0 Å². The fraction of sp³-hybridized carbons (Fsp3) is 0.333. The predicted molar refractivity (Wildman–Crippen MR) is 49.6 cm³/mol. The van der Waals surface area contributed by atoms with E-state index in [9.17, 15) is 13.2 Å². The van der Waals surface area contributed by atoms with E-state index in [1.807, 2.05) is 6.92 Å². The van der Waals surface area contributed by atoms with Crippen molar-refractivity contribution in [2.45, 2.75) is 18.8 Å². The van der Waals surface area contributed by atoms with Crippen molar-refractivity contribution in [2.75, 3.05) is 0 Å². The van der Waals surface area contributed by atoms with E-state index in [4.69, 9.17) is 0 Å². The van der Waals surface area contributed by atoms with Crippen LogP contribution in [0, 0.1) is 0 Å². The van der Waals surface area contributed by atoms with Crippen molar-refractivity contribution in [3.63, 3.8) is 0 Å². The zero-order chi connectivity index (χ0) is 10.1. The Labute approximate surface area is 77.4 Å². The average molecular weight is 206 g/mol. The van der Waals surface area contributed by atoms with Crippen LogP contribution in [0.1, 0.15) is 23.7 Å². The molecular weight excluding hydrogens is 196 g/mol. The second-order valence-corrected chi connectivity index (χ2v) is 3.91. The predicted octanol–water partition coefficient (Wildman–Crippen LogP) is 3.64. The molecule has 0 bridgehead atoms. The molecule has 0 N–H and O–H groups in total. The number of halogens is 3. The monoisotopic (exact) mass is 206 g/mol. The first-order chi connectivity index (χ1) is 5.91. The van der Waals surface area contributed by atoms with Crippen LogP contribution >= 0.6 is 9.24 Å². The molecule has 0 saturated carbocycles. The number of hydrogen-bond acceptors (Lipinski definition) is 0. The van der Waals surface area contributed by atoms with Crippen LogP contribution < -0.4 is 0 Å². The zero-order valence-electron chi connectivity index (χ0n) is 7.10. The summed E-state index contributed by atoms with van der Waals surface area (Å²) in [6.45, 7) is 1.83. The molecule has 0 aliphatic heterocycles. The third kappa shape index (κ3) is 2.70. The van der Waals surface area contributed by atoms with E-state index >= 15 is 0 Å². The van der Waals surface area contributed by atoms with Crippen LogP contribution in [-0.4, -0.2) is 0 Å². The number of alkyl halides is 3. The molecule has 0 radical (unpaired) electrons. The molecule has 0 amide bonds. The zero-order valence-corrected chi connectivity index (χ0v) is 8.25. The van der Waals surface area contributed by atoms with Gasteiger partial charge in [-0.1, -0.05) is 25.1 Å². The molecule has 2 unspecified atom stereocenters. The van der Waals surface area contributed by atoms with E-state index in [0.29, 0.717) is 5.56 Å². The molecule has 72 valence electrons. The Morgan fingerprint density at radius 1 is 1.31 bits per heavy atom. The lowest BCUT2D eigenvalue weighted by Gasteiger charge is -2.10. The molecule has 0 spiro atoms. The van der Waals surface area contributed by atoms with E-state index < -0.39 is 11.7 Å². The highest BCUT2D eigenvalue weighted by molar-refractivity contribution is 7.17. The summed E-state index contributed by atoms with van der Waals surface area (Å²) in [5.41, 5.74) is 0.140. The molecular formula is C9H10F3P. The van der Waals surface area contributed by atoms with Gasteiger partial charge in [-0.05, 0) is 17.3 Å². The maximum Gasteiger partial charge on any atom is 0.416 e. The molecule has 1 aromatic carbocycles. The van der Waals surface area contributed by atoms with Gasteiger partial charge in [0.2, 0.25) is 0 Å². The molecule has 0 aliphatic carbocycles. The highest BCUT2D eigenvalue weighted by Gasteiger charge is 2.30. The van der Waals surface area contributed by atoms with Crippen molar-refractivity contribution in [3.8, 4) is 0 Å². The van der Waals surface area contributed by atoms with Gasteiger partial charge in [0.25, 0.3) is 0 Å². The lowest BCUT2D eigenvalue weighted by Crippen LogP contribution is -2.05. The van der Waals surface area contributed by atoms with E-state index in [2.05, 4.69) is 9.24 Å². The van der Waals surface area contributed by atoms with Crippen molar-refractivity contribution in [1.29, 1.82) is 0 Å². The third-order valence-electron chi connectivity index (χ3n) is 1.74. The number of benzene rings is 1. The van der Waals surface area contributed by atoms with E-state index in [1.165, 1.54) is 12.1 Å². The molecule has 2 atom stereocenters. The highest BCUT2D eigenvalue weighted by Crippen LogP contribution is 2.32. The van der Waals surface area contributed by atoms with Gasteiger partial charge in [-0.2, -0.15) is 13.2 Å². The van der Waals surface area contributed by atoms with Gasteiger partial charge in [0, 0.05) is 0 Å². The SMILES string of the molecule is CC(P)c1cccc(C(F)(F)F)c1. The smallest absolute Gasteiger partial charge is 0.166 e. The molecule has 0 aliphatic rings. The van der Waals surface area contributed by atoms with Crippen LogP contribution in [0.5, 0.6) is 0 Å². The minimum absolute atomic E-state index is 0.0438. The summed E-state index contributed by atoms with van der Waals surface area (Å²) >= 11 is 0. The highest BCUT2D eigenvalue weighted by atomic mass is 31.0. The fourth-order valence-corrected chi connectivity index (χ4v) is 1.21. The van der Waals surface area contributed by atoms with Gasteiger partial charge >= 0.3 is 6.18 Å². The van der Waals surface area contributed by atoms with Gasteiger partial charge in [-0.25, -0.2) is 0 Å². The maximum atomic E-state index is 12.2. The van der Waals surface area contributed by atoms with Crippen LogP contribution in [-0.2, 0) is 6.18 Å². The number of hydrogen-bond donors (Lipinski definition) is 0. The minimum Gasteiger partial charge on any atom is -0.166 e. The van der Waals surface area contributed by atoms with Crippen molar-refractivity contribution in [1.82, 2.24) is 0 Å². The molecule has 0 aromatic heterocycles. The normalized spacial score (nSPS) is 14.2. The van der Waals surface area contributed by atoms with Crippen molar-refractivity contribution >= 4 is 9.24 Å². The summed E-state index contributed by atoms with van der Waals surface area (Å²) in [7, 11) is 2.47. The third-order valence-corrected chi connectivity index (χ3v) is 2.12. The Morgan fingerprint density at radius 3 is 2.38 bits per heavy atom. The summed E-state index contributed by atoms with van der Waals surface area (Å²) in [4.78, 5) is 0. The van der Waals surface area contributed by atoms with Gasteiger partial charge in [0.1, 0.15) is 0 Å². The lowest BCUT2D eigenvalue weighted by atomic mass is 10.1. The fourth-order valence-electron chi connectivity index (χ4n) is 0.998. The van der Waals surface area contributed by atoms with Gasteiger partial charge in [0.15, 0.2) is 0 Å². The molecule has 4 heteroatoms. The molecule has 1 aromatic rings. The van der Waals surface area contributed by atoms with Crippen LogP contribution in [0.15, 0.2) is 24.3 Å². The van der Waals surface area contributed by atoms with Crippen molar-refractivity contribution < 1.29 is 13.2 Å². The van der Waals surface area contributed by atoms with Crippen molar-refractivity contribution in [2.24, 2.45) is 0 Å². The quantitative estimate of drug-likeness (QED) is 0.615. The molecule has 0 saturated heterocycles. The Hall–Kier alpha value is -0.560. The summed E-state index contributed by atoms with van der Waals surface area (Å²) in [6, 6.07) is 5.37. The molecule has 0 fully saturated rings. The van der Waals surface area contributed by atoms with Crippen molar-refractivity contribution in [3.05, 3.63) is 35.4 Å². The number of rotatable bonds is 1. The van der Waals surface area contributed by atoms with E-state index in [1.54, 1.807) is 6.07 Å².